The highest BCUT2D eigenvalue weighted by Crippen LogP contribution is 2.32. The molecule has 0 aliphatic heterocycles. The van der Waals surface area contributed by atoms with Crippen molar-refractivity contribution in [2.45, 2.75) is 77.7 Å². The standard InChI is InChI=1S/C33H39N5O/c1-2-3-4-5-6-7-8-12-20-33(26-34,22-28-23-36-38(25-28)24-27-15-10-9-11-16-27)32(39)37-30-19-13-17-29-18-14-21-35-31(29)30/h9-11,13-19,21,23,25H,2-8,12,20,22,24H2,1H3,(H,37,39). The van der Waals surface area contributed by atoms with E-state index in [0.29, 0.717) is 25.1 Å². The minimum Gasteiger partial charge on any atom is -0.323 e. The quantitative estimate of drug-likeness (QED) is 0.162. The Hall–Kier alpha value is -3.98. The van der Waals surface area contributed by atoms with Crippen LogP contribution in [0.4, 0.5) is 5.69 Å². The van der Waals surface area contributed by atoms with Crippen LogP contribution in [-0.4, -0.2) is 20.7 Å². The molecule has 2 heterocycles. The predicted octanol–water partition coefficient (Wildman–Crippen LogP) is 7.70. The lowest BCUT2D eigenvalue weighted by Gasteiger charge is -2.25. The van der Waals surface area contributed by atoms with E-state index in [-0.39, 0.29) is 5.91 Å². The Bertz CT molecular complexity index is 1370. The van der Waals surface area contributed by atoms with Crippen LogP contribution in [0.2, 0.25) is 0 Å². The normalized spacial score (nSPS) is 12.6. The fraction of sp³-hybridized carbons (Fsp3) is 0.394. The lowest BCUT2D eigenvalue weighted by Crippen LogP contribution is -2.37. The van der Waals surface area contributed by atoms with Crippen LogP contribution in [0.15, 0.2) is 79.3 Å². The molecule has 2 aromatic heterocycles. The second-order valence-corrected chi connectivity index (χ2v) is 10.5. The first-order valence-electron chi connectivity index (χ1n) is 14.3. The average Bonchev–Trinajstić information content (AvgIpc) is 3.40. The number of unbranched alkanes of at least 4 members (excludes halogenated alkanes) is 7. The maximum absolute atomic E-state index is 13.9. The van der Waals surface area contributed by atoms with Gasteiger partial charge in [0.25, 0.3) is 0 Å². The summed E-state index contributed by atoms with van der Waals surface area (Å²) < 4.78 is 1.87. The Kier molecular flexibility index (Phi) is 10.2. The number of nitriles is 1. The molecule has 1 atom stereocenters. The van der Waals surface area contributed by atoms with E-state index in [1.165, 1.54) is 32.1 Å². The molecule has 0 saturated heterocycles. The van der Waals surface area contributed by atoms with Crippen molar-refractivity contribution >= 4 is 22.5 Å². The van der Waals surface area contributed by atoms with Gasteiger partial charge in [0.15, 0.2) is 0 Å². The summed E-state index contributed by atoms with van der Waals surface area (Å²) in [6, 6.07) is 22.2. The van der Waals surface area contributed by atoms with E-state index in [4.69, 9.17) is 0 Å². The van der Waals surface area contributed by atoms with Gasteiger partial charge in [-0.3, -0.25) is 14.5 Å². The first-order valence-corrected chi connectivity index (χ1v) is 14.3. The van der Waals surface area contributed by atoms with Crippen LogP contribution in [0.25, 0.3) is 10.9 Å². The summed E-state index contributed by atoms with van der Waals surface area (Å²) in [6.07, 6.45) is 15.6. The molecule has 0 aliphatic rings. The van der Waals surface area contributed by atoms with Gasteiger partial charge < -0.3 is 5.32 Å². The van der Waals surface area contributed by atoms with E-state index < -0.39 is 5.41 Å². The van der Waals surface area contributed by atoms with E-state index in [1.54, 1.807) is 12.4 Å². The molecule has 0 spiro atoms. The maximum atomic E-state index is 13.9. The molecule has 1 amide bonds. The van der Waals surface area contributed by atoms with Crippen molar-refractivity contribution in [2.75, 3.05) is 5.32 Å². The van der Waals surface area contributed by atoms with Crippen LogP contribution in [0.1, 0.15) is 75.8 Å². The van der Waals surface area contributed by atoms with Gasteiger partial charge in [0, 0.05) is 24.2 Å². The summed E-state index contributed by atoms with van der Waals surface area (Å²) in [7, 11) is 0. The minimum atomic E-state index is -1.19. The molecule has 4 rings (SSSR count). The van der Waals surface area contributed by atoms with Gasteiger partial charge in [-0.15, -0.1) is 0 Å². The second-order valence-electron chi connectivity index (χ2n) is 10.5. The Morgan fingerprint density at radius 2 is 1.67 bits per heavy atom. The molecule has 6 nitrogen and oxygen atoms in total. The Morgan fingerprint density at radius 1 is 0.923 bits per heavy atom. The van der Waals surface area contributed by atoms with Crippen molar-refractivity contribution in [3.05, 3.63) is 90.4 Å². The third-order valence-electron chi connectivity index (χ3n) is 7.37. The zero-order valence-corrected chi connectivity index (χ0v) is 23.0. The van der Waals surface area contributed by atoms with Gasteiger partial charge in [-0.25, -0.2) is 0 Å². The van der Waals surface area contributed by atoms with Gasteiger partial charge in [0.2, 0.25) is 5.91 Å². The van der Waals surface area contributed by atoms with Gasteiger partial charge in [-0.1, -0.05) is 107 Å². The molecule has 0 saturated carbocycles. The molecular formula is C33H39N5O. The van der Waals surface area contributed by atoms with Crippen molar-refractivity contribution in [2.24, 2.45) is 5.41 Å². The molecule has 39 heavy (non-hydrogen) atoms. The van der Waals surface area contributed by atoms with E-state index >= 15 is 0 Å². The largest absolute Gasteiger partial charge is 0.323 e. The SMILES string of the molecule is CCCCCCCCCCC(C#N)(Cc1cnn(Cc2ccccc2)c1)C(=O)Nc1cccc2cccnc12. The zero-order valence-electron chi connectivity index (χ0n) is 23.0. The summed E-state index contributed by atoms with van der Waals surface area (Å²) in [6.45, 7) is 2.87. The van der Waals surface area contributed by atoms with Crippen LogP contribution in [0.5, 0.6) is 0 Å². The van der Waals surface area contributed by atoms with Crippen LogP contribution in [0.3, 0.4) is 0 Å². The highest BCUT2D eigenvalue weighted by Gasteiger charge is 2.39. The number of hydrogen-bond acceptors (Lipinski definition) is 4. The topological polar surface area (TPSA) is 83.6 Å². The number of aromatic nitrogens is 3. The second kappa shape index (κ2) is 14.2. The molecule has 6 heteroatoms. The van der Waals surface area contributed by atoms with Gasteiger partial charge in [0.1, 0.15) is 5.41 Å². The van der Waals surface area contributed by atoms with Crippen molar-refractivity contribution in [1.82, 2.24) is 14.8 Å². The van der Waals surface area contributed by atoms with Crippen molar-refractivity contribution in [3.8, 4) is 6.07 Å². The number of pyridine rings is 1. The summed E-state index contributed by atoms with van der Waals surface area (Å²) >= 11 is 0. The number of benzene rings is 2. The number of carbonyl (C=O) groups excluding carboxylic acids is 1. The molecule has 4 aromatic rings. The molecule has 1 unspecified atom stereocenters. The van der Waals surface area contributed by atoms with Gasteiger partial charge >= 0.3 is 0 Å². The number of rotatable bonds is 15. The highest BCUT2D eigenvalue weighted by atomic mass is 16.2. The number of hydrogen-bond donors (Lipinski definition) is 1. The first kappa shape index (κ1) is 28.0. The van der Waals surface area contributed by atoms with E-state index in [9.17, 15) is 10.1 Å². The van der Waals surface area contributed by atoms with Gasteiger partial charge in [-0.05, 0) is 29.7 Å². The number of para-hydroxylation sites is 1. The minimum absolute atomic E-state index is 0.276. The maximum Gasteiger partial charge on any atom is 0.245 e. The number of fused-ring (bicyclic) bond motifs is 1. The molecule has 0 fully saturated rings. The lowest BCUT2D eigenvalue weighted by molar-refractivity contribution is -0.123. The van der Waals surface area contributed by atoms with Crippen LogP contribution in [-0.2, 0) is 17.8 Å². The van der Waals surface area contributed by atoms with Crippen LogP contribution in [0, 0.1) is 16.7 Å². The van der Waals surface area contributed by atoms with Crippen LogP contribution < -0.4 is 5.32 Å². The molecule has 202 valence electrons. The number of nitrogens with one attached hydrogen (secondary N) is 1. The fourth-order valence-electron chi connectivity index (χ4n) is 5.14. The van der Waals surface area contributed by atoms with E-state index in [0.717, 1.165) is 41.3 Å². The fourth-order valence-corrected chi connectivity index (χ4v) is 5.14. The Morgan fingerprint density at radius 3 is 2.44 bits per heavy atom. The van der Waals surface area contributed by atoms with E-state index in [1.807, 2.05) is 59.4 Å². The number of carbonyl (C=O) groups is 1. The predicted molar refractivity (Wildman–Crippen MR) is 157 cm³/mol. The summed E-state index contributed by atoms with van der Waals surface area (Å²) in [4.78, 5) is 18.3. The first-order chi connectivity index (χ1) is 19.1. The molecule has 1 N–H and O–H groups in total. The van der Waals surface area contributed by atoms with Crippen molar-refractivity contribution < 1.29 is 4.79 Å². The third-order valence-corrected chi connectivity index (χ3v) is 7.37. The summed E-state index contributed by atoms with van der Waals surface area (Å²) in [5.74, 6) is -0.276. The third kappa shape index (κ3) is 7.77. The summed E-state index contributed by atoms with van der Waals surface area (Å²) in [5, 5.41) is 19.0. The molecule has 0 radical (unpaired) electrons. The monoisotopic (exact) mass is 521 g/mol. The van der Waals surface area contributed by atoms with Crippen molar-refractivity contribution in [1.29, 1.82) is 5.26 Å². The van der Waals surface area contributed by atoms with Crippen molar-refractivity contribution in [3.63, 3.8) is 0 Å². The molecule has 0 bridgehead atoms. The number of anilines is 1. The zero-order chi connectivity index (χ0) is 27.3. The summed E-state index contributed by atoms with van der Waals surface area (Å²) in [5.41, 5.74) is 2.20. The Balaban J connectivity index is 1.49. The molecule has 2 aromatic carbocycles. The highest BCUT2D eigenvalue weighted by molar-refractivity contribution is 6.03. The Labute approximate surface area is 232 Å². The number of amides is 1. The number of nitrogens with zero attached hydrogens (tertiary/aromatic N) is 4. The lowest BCUT2D eigenvalue weighted by atomic mass is 9.78. The smallest absolute Gasteiger partial charge is 0.245 e. The van der Waals surface area contributed by atoms with Gasteiger partial charge in [0.05, 0.1) is 30.0 Å². The van der Waals surface area contributed by atoms with E-state index in [2.05, 4.69) is 40.5 Å². The molecular weight excluding hydrogens is 482 g/mol. The van der Waals surface area contributed by atoms with Crippen LogP contribution >= 0.6 is 0 Å². The van der Waals surface area contributed by atoms with Gasteiger partial charge in [-0.2, -0.15) is 10.4 Å². The average molecular weight is 522 g/mol. The molecule has 0 aliphatic carbocycles.